The number of carboxylic acids is 1. The van der Waals surface area contributed by atoms with Crippen molar-refractivity contribution in [2.45, 2.75) is 25.4 Å². The molecule has 3 heterocycles. The molecule has 0 unspecified atom stereocenters. The lowest BCUT2D eigenvalue weighted by Crippen LogP contribution is -2.35. The van der Waals surface area contributed by atoms with Crippen LogP contribution in [0.4, 0.5) is 0 Å². The average Bonchev–Trinajstić information content (AvgIpc) is 3.09. The molecule has 0 atom stereocenters. The lowest BCUT2D eigenvalue weighted by Gasteiger charge is -2.32. The number of aromatic carboxylic acids is 1. The van der Waals surface area contributed by atoms with Gasteiger partial charge in [-0.15, -0.1) is 10.2 Å². The van der Waals surface area contributed by atoms with E-state index in [2.05, 4.69) is 20.3 Å². The van der Waals surface area contributed by atoms with Gasteiger partial charge in [0.15, 0.2) is 5.82 Å². The summed E-state index contributed by atoms with van der Waals surface area (Å²) in [5.74, 6) is -0.144. The maximum Gasteiger partial charge on any atom is 0.352 e. The zero-order valence-corrected chi connectivity index (χ0v) is 11.9. The van der Waals surface area contributed by atoms with E-state index < -0.39 is 5.97 Å². The van der Waals surface area contributed by atoms with Crippen molar-refractivity contribution in [2.75, 3.05) is 13.1 Å². The summed E-state index contributed by atoms with van der Waals surface area (Å²) in [4.78, 5) is 14.9. The molecule has 1 fully saturated rings. The molecule has 3 rings (SSSR count). The molecule has 0 aromatic carbocycles. The van der Waals surface area contributed by atoms with Gasteiger partial charge in [-0.25, -0.2) is 4.79 Å². The number of hydrogen-bond donors (Lipinski definition) is 1. The number of piperidine rings is 1. The fraction of sp³-hybridized carbons (Fsp3) is 0.538. The average molecular weight is 290 g/mol. The van der Waals surface area contributed by atoms with Gasteiger partial charge in [0.2, 0.25) is 0 Å². The lowest BCUT2D eigenvalue weighted by atomic mass is 10.0. The number of carbonyl (C=O) groups is 1. The van der Waals surface area contributed by atoms with Crippen LogP contribution in [0.2, 0.25) is 0 Å². The highest BCUT2D eigenvalue weighted by Gasteiger charge is 2.24. The second kappa shape index (κ2) is 5.65. The molecule has 0 aliphatic carbocycles. The van der Waals surface area contributed by atoms with Gasteiger partial charge in [-0.2, -0.15) is 4.80 Å². The summed E-state index contributed by atoms with van der Waals surface area (Å²) < 4.78 is 1.88. The monoisotopic (exact) mass is 290 g/mol. The Balaban J connectivity index is 1.60. The molecule has 1 N–H and O–H groups in total. The van der Waals surface area contributed by atoms with Crippen LogP contribution in [0.15, 0.2) is 18.3 Å². The third kappa shape index (κ3) is 2.94. The molecule has 8 heteroatoms. The zero-order valence-electron chi connectivity index (χ0n) is 11.9. The summed E-state index contributed by atoms with van der Waals surface area (Å²) in [6, 6.07) is 3.69. The van der Waals surface area contributed by atoms with E-state index in [1.54, 1.807) is 19.2 Å². The number of likely N-dealkylation sites (tertiary alicyclic amines) is 1. The SMILES string of the molecule is Cn1nnc(CN2CCC(n3cccc3C(=O)O)CC2)n1. The van der Waals surface area contributed by atoms with E-state index in [1.807, 2.05) is 10.8 Å². The number of aromatic nitrogens is 5. The second-order valence-electron chi connectivity index (χ2n) is 5.31. The molecular formula is C13H18N6O2. The van der Waals surface area contributed by atoms with Crippen molar-refractivity contribution in [1.82, 2.24) is 29.7 Å². The molecule has 0 spiro atoms. The Labute approximate surface area is 122 Å². The number of nitrogens with zero attached hydrogens (tertiary/aromatic N) is 6. The number of tetrazole rings is 1. The molecule has 0 bridgehead atoms. The smallest absolute Gasteiger partial charge is 0.352 e. The van der Waals surface area contributed by atoms with Gasteiger partial charge in [-0.05, 0) is 30.2 Å². The molecule has 8 nitrogen and oxygen atoms in total. The van der Waals surface area contributed by atoms with Crippen molar-refractivity contribution in [3.8, 4) is 0 Å². The summed E-state index contributed by atoms with van der Waals surface area (Å²) >= 11 is 0. The maximum absolute atomic E-state index is 11.2. The molecular weight excluding hydrogens is 272 g/mol. The Morgan fingerprint density at radius 2 is 2.19 bits per heavy atom. The molecule has 0 amide bonds. The minimum atomic E-state index is -0.869. The summed E-state index contributed by atoms with van der Waals surface area (Å²) in [5, 5.41) is 21.2. The Hall–Kier alpha value is -2.22. The van der Waals surface area contributed by atoms with Crippen LogP contribution in [0.5, 0.6) is 0 Å². The van der Waals surface area contributed by atoms with Crippen LogP contribution < -0.4 is 0 Å². The van der Waals surface area contributed by atoms with E-state index >= 15 is 0 Å². The van der Waals surface area contributed by atoms with Gasteiger partial charge in [0.25, 0.3) is 0 Å². The Morgan fingerprint density at radius 3 is 2.81 bits per heavy atom. The number of rotatable bonds is 4. The van der Waals surface area contributed by atoms with E-state index in [1.165, 1.54) is 4.80 Å². The van der Waals surface area contributed by atoms with Crippen molar-refractivity contribution in [1.29, 1.82) is 0 Å². The molecule has 0 saturated carbocycles. The first kappa shape index (κ1) is 13.7. The first-order chi connectivity index (χ1) is 10.1. The van der Waals surface area contributed by atoms with Crippen molar-refractivity contribution in [3.05, 3.63) is 29.8 Å². The fourth-order valence-electron chi connectivity index (χ4n) is 2.84. The van der Waals surface area contributed by atoms with Crippen LogP contribution in [0.1, 0.15) is 35.2 Å². The van der Waals surface area contributed by atoms with Crippen molar-refractivity contribution in [3.63, 3.8) is 0 Å². The summed E-state index contributed by atoms with van der Waals surface area (Å²) in [7, 11) is 1.75. The van der Waals surface area contributed by atoms with Crippen molar-refractivity contribution < 1.29 is 9.90 Å². The first-order valence-electron chi connectivity index (χ1n) is 6.99. The topological polar surface area (TPSA) is 89.1 Å². The first-order valence-corrected chi connectivity index (χ1v) is 6.99. The van der Waals surface area contributed by atoms with Gasteiger partial charge in [-0.3, -0.25) is 4.90 Å². The predicted molar refractivity (Wildman–Crippen MR) is 73.7 cm³/mol. The highest BCUT2D eigenvalue weighted by atomic mass is 16.4. The second-order valence-corrected chi connectivity index (χ2v) is 5.31. The quantitative estimate of drug-likeness (QED) is 0.884. The van der Waals surface area contributed by atoms with Crippen LogP contribution in [0.3, 0.4) is 0 Å². The molecule has 1 aliphatic rings. The van der Waals surface area contributed by atoms with Crippen molar-refractivity contribution >= 4 is 5.97 Å². The highest BCUT2D eigenvalue weighted by Crippen LogP contribution is 2.25. The van der Waals surface area contributed by atoms with E-state index in [0.717, 1.165) is 31.8 Å². The molecule has 0 radical (unpaired) electrons. The lowest BCUT2D eigenvalue weighted by molar-refractivity contribution is 0.0678. The van der Waals surface area contributed by atoms with Gasteiger partial charge in [0.05, 0.1) is 13.6 Å². The predicted octanol–water partition coefficient (Wildman–Crippen LogP) is 0.547. The standard InChI is InChI=1S/C13H18N6O2/c1-17-15-12(14-16-17)9-18-7-4-10(5-8-18)19-6-2-3-11(19)13(20)21/h2-3,6,10H,4-5,7-9H2,1H3,(H,20,21). The van der Waals surface area contributed by atoms with Gasteiger partial charge in [-0.1, -0.05) is 0 Å². The number of aryl methyl sites for hydroxylation is 1. The van der Waals surface area contributed by atoms with Gasteiger partial charge >= 0.3 is 5.97 Å². The third-order valence-electron chi connectivity index (χ3n) is 3.86. The Morgan fingerprint density at radius 1 is 1.43 bits per heavy atom. The third-order valence-corrected chi connectivity index (χ3v) is 3.86. The van der Waals surface area contributed by atoms with Crippen LogP contribution in [-0.4, -0.2) is 53.8 Å². The number of hydrogen-bond acceptors (Lipinski definition) is 5. The van der Waals surface area contributed by atoms with E-state index in [-0.39, 0.29) is 6.04 Å². The molecule has 2 aromatic heterocycles. The zero-order chi connectivity index (χ0) is 14.8. The molecule has 112 valence electrons. The van der Waals surface area contributed by atoms with E-state index in [0.29, 0.717) is 12.2 Å². The number of carboxylic acid groups (broad SMARTS) is 1. The molecule has 1 aliphatic heterocycles. The van der Waals surface area contributed by atoms with Crippen LogP contribution >= 0.6 is 0 Å². The van der Waals surface area contributed by atoms with Crippen LogP contribution in [-0.2, 0) is 13.6 Å². The summed E-state index contributed by atoms with van der Waals surface area (Å²) in [5.41, 5.74) is 0.365. The Bertz CT molecular complexity index is 626. The van der Waals surface area contributed by atoms with Gasteiger partial charge < -0.3 is 9.67 Å². The summed E-state index contributed by atoms with van der Waals surface area (Å²) in [6.07, 6.45) is 3.71. The van der Waals surface area contributed by atoms with Crippen LogP contribution in [0, 0.1) is 0 Å². The fourth-order valence-corrected chi connectivity index (χ4v) is 2.84. The normalized spacial score (nSPS) is 17.2. The van der Waals surface area contributed by atoms with E-state index in [9.17, 15) is 9.90 Å². The maximum atomic E-state index is 11.2. The van der Waals surface area contributed by atoms with Gasteiger partial charge in [0, 0.05) is 25.3 Å². The minimum Gasteiger partial charge on any atom is -0.477 e. The van der Waals surface area contributed by atoms with E-state index in [4.69, 9.17) is 0 Å². The largest absolute Gasteiger partial charge is 0.477 e. The Kier molecular flexibility index (Phi) is 3.70. The molecule has 2 aromatic rings. The molecule has 21 heavy (non-hydrogen) atoms. The minimum absolute atomic E-state index is 0.247. The summed E-state index contributed by atoms with van der Waals surface area (Å²) in [6.45, 7) is 2.50. The highest BCUT2D eigenvalue weighted by molar-refractivity contribution is 5.85. The molecule has 1 saturated heterocycles. The van der Waals surface area contributed by atoms with Gasteiger partial charge in [0.1, 0.15) is 5.69 Å². The van der Waals surface area contributed by atoms with Crippen LogP contribution in [0.25, 0.3) is 0 Å². The van der Waals surface area contributed by atoms with Crippen molar-refractivity contribution in [2.24, 2.45) is 7.05 Å².